The summed E-state index contributed by atoms with van der Waals surface area (Å²) in [5.74, 6) is -0.705. The average Bonchev–Trinajstić information content (AvgIpc) is 2.59. The van der Waals surface area contributed by atoms with Crippen LogP contribution in [0.3, 0.4) is 0 Å². The lowest BCUT2D eigenvalue weighted by Gasteiger charge is -2.14. The maximum Gasteiger partial charge on any atom is 0.304 e. The van der Waals surface area contributed by atoms with Gasteiger partial charge in [-0.15, -0.1) is 0 Å². The number of aliphatic carboxylic acids is 1. The lowest BCUT2D eigenvalue weighted by atomic mass is 10.1. The van der Waals surface area contributed by atoms with E-state index < -0.39 is 5.97 Å². The van der Waals surface area contributed by atoms with Crippen molar-refractivity contribution in [2.75, 3.05) is 20.1 Å². The third-order valence-corrected chi connectivity index (χ3v) is 4.45. The van der Waals surface area contributed by atoms with Crippen molar-refractivity contribution in [2.45, 2.75) is 90.4 Å². The molecule has 3 nitrogen and oxygen atoms in total. The highest BCUT2D eigenvalue weighted by atomic mass is 16.4. The first kappa shape index (κ1) is 23.9. The van der Waals surface area contributed by atoms with Gasteiger partial charge in [-0.1, -0.05) is 69.8 Å². The van der Waals surface area contributed by atoms with Gasteiger partial charge in [0, 0.05) is 6.54 Å². The molecular weight excluding hydrogens is 310 g/mol. The first-order valence-corrected chi connectivity index (χ1v) is 10.4. The van der Waals surface area contributed by atoms with Crippen LogP contribution in [0, 0.1) is 0 Å². The smallest absolute Gasteiger partial charge is 0.304 e. The number of unbranched alkanes of at least 4 members (excludes halogenated alkanes) is 9. The second-order valence-corrected chi connectivity index (χ2v) is 7.03. The summed E-state index contributed by atoms with van der Waals surface area (Å²) >= 11 is 0. The minimum absolute atomic E-state index is 0.249. The highest BCUT2D eigenvalue weighted by molar-refractivity contribution is 5.66. The van der Waals surface area contributed by atoms with E-state index in [1.165, 1.54) is 70.6 Å². The van der Waals surface area contributed by atoms with Gasteiger partial charge in [-0.2, -0.15) is 0 Å². The molecule has 0 aliphatic carbocycles. The molecule has 0 aliphatic rings. The van der Waals surface area contributed by atoms with Crippen LogP contribution in [0.5, 0.6) is 0 Å². The second-order valence-electron chi connectivity index (χ2n) is 7.03. The van der Waals surface area contributed by atoms with Crippen LogP contribution in [0.1, 0.15) is 90.4 Å². The Labute approximate surface area is 156 Å². The Morgan fingerprint density at radius 3 is 1.96 bits per heavy atom. The summed E-state index contributed by atoms with van der Waals surface area (Å²) in [6.07, 6.45) is 24.7. The van der Waals surface area contributed by atoms with Gasteiger partial charge in [-0.05, 0) is 52.1 Å². The summed E-state index contributed by atoms with van der Waals surface area (Å²) in [7, 11) is 2.01. The van der Waals surface area contributed by atoms with E-state index in [0.29, 0.717) is 6.54 Å². The summed E-state index contributed by atoms with van der Waals surface area (Å²) in [4.78, 5) is 12.6. The zero-order valence-corrected chi connectivity index (χ0v) is 16.7. The van der Waals surface area contributed by atoms with Gasteiger partial charge in [0.25, 0.3) is 0 Å². The number of carbonyl (C=O) groups is 1. The van der Waals surface area contributed by atoms with Crippen LogP contribution in [0.4, 0.5) is 0 Å². The van der Waals surface area contributed by atoms with Crippen LogP contribution in [-0.2, 0) is 4.79 Å². The fourth-order valence-corrected chi connectivity index (χ4v) is 2.77. The van der Waals surface area contributed by atoms with Gasteiger partial charge in [0.1, 0.15) is 0 Å². The molecule has 25 heavy (non-hydrogen) atoms. The molecule has 0 aliphatic heterocycles. The summed E-state index contributed by atoms with van der Waals surface area (Å²) in [6.45, 7) is 3.92. The summed E-state index contributed by atoms with van der Waals surface area (Å²) in [5, 5.41) is 8.64. The normalized spacial score (nSPS) is 12.0. The predicted molar refractivity (Wildman–Crippen MR) is 109 cm³/mol. The zero-order chi connectivity index (χ0) is 18.6. The Hall–Kier alpha value is -1.09. The Morgan fingerprint density at radius 2 is 1.36 bits per heavy atom. The first-order valence-electron chi connectivity index (χ1n) is 10.4. The molecule has 3 heteroatoms. The third-order valence-electron chi connectivity index (χ3n) is 4.45. The molecule has 146 valence electrons. The van der Waals surface area contributed by atoms with Crippen LogP contribution >= 0.6 is 0 Å². The number of rotatable bonds is 18. The highest BCUT2D eigenvalue weighted by Crippen LogP contribution is 2.08. The molecular formula is C22H41NO2. The Bertz CT molecular complexity index is 350. The Balaban J connectivity index is 3.25. The molecule has 0 aromatic heterocycles. The molecule has 0 unspecified atom stereocenters. The topological polar surface area (TPSA) is 40.5 Å². The van der Waals surface area contributed by atoms with Gasteiger partial charge in [0.2, 0.25) is 0 Å². The van der Waals surface area contributed by atoms with Crippen LogP contribution < -0.4 is 0 Å². The minimum atomic E-state index is -0.705. The quantitative estimate of drug-likeness (QED) is 0.236. The number of hydrogen-bond acceptors (Lipinski definition) is 2. The van der Waals surface area contributed by atoms with Crippen LogP contribution in [0.2, 0.25) is 0 Å². The fraction of sp³-hybridized carbons (Fsp3) is 0.773. The molecule has 0 aromatic carbocycles. The molecule has 0 radical (unpaired) electrons. The van der Waals surface area contributed by atoms with Crippen LogP contribution in [0.25, 0.3) is 0 Å². The summed E-state index contributed by atoms with van der Waals surface area (Å²) < 4.78 is 0. The maximum atomic E-state index is 10.5. The average molecular weight is 352 g/mol. The van der Waals surface area contributed by atoms with Crippen molar-refractivity contribution in [2.24, 2.45) is 0 Å². The van der Waals surface area contributed by atoms with Crippen molar-refractivity contribution >= 4 is 5.97 Å². The lowest BCUT2D eigenvalue weighted by Crippen LogP contribution is -2.22. The SMILES string of the molecule is CCCCC/C=C\C/C=C\CCCCCCCCN(C)CCC(=O)O. The van der Waals surface area contributed by atoms with Gasteiger partial charge >= 0.3 is 5.97 Å². The fourth-order valence-electron chi connectivity index (χ4n) is 2.77. The first-order chi connectivity index (χ1) is 12.2. The van der Waals surface area contributed by atoms with E-state index in [1.807, 2.05) is 7.05 Å². The number of nitrogens with zero attached hydrogens (tertiary/aromatic N) is 1. The van der Waals surface area contributed by atoms with Crippen molar-refractivity contribution in [1.29, 1.82) is 0 Å². The van der Waals surface area contributed by atoms with Crippen LogP contribution in [-0.4, -0.2) is 36.1 Å². The van der Waals surface area contributed by atoms with Crippen molar-refractivity contribution < 1.29 is 9.90 Å². The Morgan fingerprint density at radius 1 is 0.800 bits per heavy atom. The van der Waals surface area contributed by atoms with Gasteiger partial charge < -0.3 is 10.0 Å². The van der Waals surface area contributed by atoms with E-state index in [1.54, 1.807) is 0 Å². The molecule has 0 saturated heterocycles. The van der Waals surface area contributed by atoms with Gasteiger partial charge in [-0.25, -0.2) is 0 Å². The van der Waals surface area contributed by atoms with E-state index in [0.717, 1.165) is 13.0 Å². The largest absolute Gasteiger partial charge is 0.481 e. The molecule has 1 N–H and O–H groups in total. The number of carboxylic acid groups (broad SMARTS) is 1. The predicted octanol–water partition coefficient (Wildman–Crippen LogP) is 6.21. The number of hydrogen-bond donors (Lipinski definition) is 1. The van der Waals surface area contributed by atoms with E-state index in [9.17, 15) is 4.79 Å². The molecule has 0 aromatic rings. The van der Waals surface area contributed by atoms with E-state index in [-0.39, 0.29) is 6.42 Å². The van der Waals surface area contributed by atoms with Gasteiger partial charge in [0.15, 0.2) is 0 Å². The number of carboxylic acids is 1. The molecule has 0 amide bonds. The summed E-state index contributed by atoms with van der Waals surface area (Å²) in [5.41, 5.74) is 0. The molecule has 0 saturated carbocycles. The van der Waals surface area contributed by atoms with Crippen molar-refractivity contribution in [3.05, 3.63) is 24.3 Å². The van der Waals surface area contributed by atoms with Crippen molar-refractivity contribution in [3.8, 4) is 0 Å². The zero-order valence-electron chi connectivity index (χ0n) is 16.7. The van der Waals surface area contributed by atoms with E-state index in [2.05, 4.69) is 36.1 Å². The number of allylic oxidation sites excluding steroid dienone is 4. The molecule has 0 fully saturated rings. The molecule has 0 rings (SSSR count). The molecule has 0 bridgehead atoms. The molecule has 0 spiro atoms. The molecule has 0 atom stereocenters. The minimum Gasteiger partial charge on any atom is -0.481 e. The maximum absolute atomic E-state index is 10.5. The standard InChI is InChI=1S/C22H41NO2/c1-3-4-5-6-7-8-9-10-11-12-13-14-15-16-17-18-20-23(2)21-19-22(24)25/h7-8,10-11H,3-6,9,12-21H2,1-2H3,(H,24,25)/b8-7-,11-10-. The van der Waals surface area contributed by atoms with E-state index in [4.69, 9.17) is 5.11 Å². The monoisotopic (exact) mass is 351 g/mol. The highest BCUT2D eigenvalue weighted by Gasteiger charge is 2.01. The van der Waals surface area contributed by atoms with Crippen LogP contribution in [0.15, 0.2) is 24.3 Å². The lowest BCUT2D eigenvalue weighted by molar-refractivity contribution is -0.137. The van der Waals surface area contributed by atoms with E-state index >= 15 is 0 Å². The van der Waals surface area contributed by atoms with Gasteiger partial charge in [-0.3, -0.25) is 4.79 Å². The van der Waals surface area contributed by atoms with Crippen molar-refractivity contribution in [3.63, 3.8) is 0 Å². The second kappa shape index (κ2) is 19.2. The van der Waals surface area contributed by atoms with Crippen molar-refractivity contribution in [1.82, 2.24) is 4.90 Å². The Kier molecular flexibility index (Phi) is 18.4. The summed E-state index contributed by atoms with van der Waals surface area (Å²) in [6, 6.07) is 0. The molecule has 0 heterocycles. The van der Waals surface area contributed by atoms with Gasteiger partial charge in [0.05, 0.1) is 6.42 Å². The third kappa shape index (κ3) is 20.9.